The minimum atomic E-state index is 0.0730. The number of hydrogen-bond acceptors (Lipinski definition) is 3. The summed E-state index contributed by atoms with van der Waals surface area (Å²) in [6.07, 6.45) is 4.16. The van der Waals surface area contributed by atoms with Crippen molar-refractivity contribution in [1.29, 1.82) is 0 Å². The van der Waals surface area contributed by atoms with Gasteiger partial charge in [0.05, 0.1) is 19.3 Å². The first-order valence-electron chi connectivity index (χ1n) is 7.22. The average molecular weight is 263 g/mol. The van der Waals surface area contributed by atoms with Crippen LogP contribution in [-0.2, 0) is 4.74 Å². The Bertz CT molecular complexity index is 388. The highest BCUT2D eigenvalue weighted by atomic mass is 16.5. The number of hydrogen-bond donors (Lipinski definition) is 1. The third-order valence-corrected chi connectivity index (χ3v) is 3.61. The van der Waals surface area contributed by atoms with Crippen molar-refractivity contribution in [3.05, 3.63) is 29.8 Å². The molecule has 1 aromatic rings. The summed E-state index contributed by atoms with van der Waals surface area (Å²) in [6.45, 7) is 5.14. The van der Waals surface area contributed by atoms with E-state index < -0.39 is 0 Å². The molecule has 1 saturated carbocycles. The Balaban J connectivity index is 2.09. The lowest BCUT2D eigenvalue weighted by Gasteiger charge is -2.32. The summed E-state index contributed by atoms with van der Waals surface area (Å²) >= 11 is 0. The number of para-hydroxylation sites is 1. The van der Waals surface area contributed by atoms with Crippen LogP contribution >= 0.6 is 0 Å². The number of benzene rings is 1. The standard InChI is InChI=1S/C16H25NO2/c1-12(2)17-11-16(19-13-7-6-8-13)14-9-4-5-10-15(14)18-3/h4-5,9-10,12-13,16-17H,6-8,11H2,1-3H3. The van der Waals surface area contributed by atoms with E-state index in [1.54, 1.807) is 7.11 Å². The Morgan fingerprint density at radius 2 is 2.00 bits per heavy atom. The molecule has 0 radical (unpaired) electrons. The van der Waals surface area contributed by atoms with Crippen molar-refractivity contribution >= 4 is 0 Å². The molecule has 2 rings (SSSR count). The van der Waals surface area contributed by atoms with Crippen molar-refractivity contribution in [2.75, 3.05) is 13.7 Å². The normalized spacial score (nSPS) is 17.3. The summed E-state index contributed by atoms with van der Waals surface area (Å²) in [5.41, 5.74) is 1.14. The fourth-order valence-corrected chi connectivity index (χ4v) is 2.25. The summed E-state index contributed by atoms with van der Waals surface area (Å²) in [5.74, 6) is 0.914. The van der Waals surface area contributed by atoms with E-state index in [-0.39, 0.29) is 6.10 Å². The smallest absolute Gasteiger partial charge is 0.124 e. The maximum atomic E-state index is 6.22. The molecule has 1 aliphatic carbocycles. The molecule has 0 spiro atoms. The predicted molar refractivity (Wildman–Crippen MR) is 77.6 cm³/mol. The fourth-order valence-electron chi connectivity index (χ4n) is 2.25. The van der Waals surface area contributed by atoms with Gasteiger partial charge in [-0.2, -0.15) is 0 Å². The van der Waals surface area contributed by atoms with Crippen LogP contribution in [0, 0.1) is 0 Å². The van der Waals surface area contributed by atoms with E-state index in [0.717, 1.165) is 17.9 Å². The van der Waals surface area contributed by atoms with Gasteiger partial charge in [0.2, 0.25) is 0 Å². The van der Waals surface area contributed by atoms with Crippen LogP contribution in [-0.4, -0.2) is 25.8 Å². The second-order valence-corrected chi connectivity index (χ2v) is 5.48. The van der Waals surface area contributed by atoms with Gasteiger partial charge in [0.15, 0.2) is 0 Å². The summed E-state index contributed by atoms with van der Waals surface area (Å²) in [6, 6.07) is 8.61. The van der Waals surface area contributed by atoms with Gasteiger partial charge in [0, 0.05) is 18.2 Å². The summed E-state index contributed by atoms with van der Waals surface area (Å²) in [5, 5.41) is 3.47. The van der Waals surface area contributed by atoms with E-state index in [0.29, 0.717) is 12.1 Å². The van der Waals surface area contributed by atoms with E-state index in [1.165, 1.54) is 19.3 Å². The largest absolute Gasteiger partial charge is 0.496 e. The van der Waals surface area contributed by atoms with Crippen molar-refractivity contribution in [3.8, 4) is 5.75 Å². The van der Waals surface area contributed by atoms with Crippen LogP contribution in [0.4, 0.5) is 0 Å². The van der Waals surface area contributed by atoms with E-state index >= 15 is 0 Å². The quantitative estimate of drug-likeness (QED) is 0.818. The molecule has 19 heavy (non-hydrogen) atoms. The number of nitrogens with one attached hydrogen (secondary N) is 1. The van der Waals surface area contributed by atoms with Crippen LogP contribution < -0.4 is 10.1 Å². The van der Waals surface area contributed by atoms with Gasteiger partial charge >= 0.3 is 0 Å². The molecule has 0 aromatic heterocycles. The lowest BCUT2D eigenvalue weighted by molar-refractivity contribution is -0.0532. The van der Waals surface area contributed by atoms with Crippen LogP contribution in [0.5, 0.6) is 5.75 Å². The Labute approximate surface area is 116 Å². The average Bonchev–Trinajstić information content (AvgIpc) is 2.36. The van der Waals surface area contributed by atoms with Gasteiger partial charge < -0.3 is 14.8 Å². The Morgan fingerprint density at radius 3 is 2.58 bits per heavy atom. The first kappa shape index (κ1) is 14.4. The van der Waals surface area contributed by atoms with Gasteiger partial charge in [-0.3, -0.25) is 0 Å². The van der Waals surface area contributed by atoms with Gasteiger partial charge in [0.25, 0.3) is 0 Å². The molecule has 1 N–H and O–H groups in total. The van der Waals surface area contributed by atoms with Crippen LogP contribution in [0.1, 0.15) is 44.8 Å². The molecule has 1 atom stereocenters. The SMILES string of the molecule is COc1ccccc1C(CNC(C)C)OC1CCC1. The van der Waals surface area contributed by atoms with E-state index in [4.69, 9.17) is 9.47 Å². The first-order valence-corrected chi connectivity index (χ1v) is 7.22. The van der Waals surface area contributed by atoms with Crippen LogP contribution in [0.15, 0.2) is 24.3 Å². The van der Waals surface area contributed by atoms with Gasteiger partial charge in [-0.05, 0) is 25.3 Å². The van der Waals surface area contributed by atoms with E-state index in [2.05, 4.69) is 25.2 Å². The van der Waals surface area contributed by atoms with Gasteiger partial charge in [0.1, 0.15) is 5.75 Å². The lowest BCUT2D eigenvalue weighted by Crippen LogP contribution is -2.33. The van der Waals surface area contributed by atoms with Crippen molar-refractivity contribution < 1.29 is 9.47 Å². The minimum absolute atomic E-state index is 0.0730. The third kappa shape index (κ3) is 3.95. The molecule has 106 valence electrons. The van der Waals surface area contributed by atoms with Crippen LogP contribution in [0.25, 0.3) is 0 Å². The maximum Gasteiger partial charge on any atom is 0.124 e. The molecule has 0 bridgehead atoms. The minimum Gasteiger partial charge on any atom is -0.496 e. The molecule has 0 saturated heterocycles. The van der Waals surface area contributed by atoms with E-state index in [1.807, 2.05) is 18.2 Å². The molecular weight excluding hydrogens is 238 g/mol. The molecule has 3 heteroatoms. The Hall–Kier alpha value is -1.06. The van der Waals surface area contributed by atoms with Crippen molar-refractivity contribution in [2.24, 2.45) is 0 Å². The molecule has 3 nitrogen and oxygen atoms in total. The molecule has 0 heterocycles. The van der Waals surface area contributed by atoms with Crippen molar-refractivity contribution in [1.82, 2.24) is 5.32 Å². The number of rotatable bonds is 7. The zero-order valence-corrected chi connectivity index (χ0v) is 12.2. The van der Waals surface area contributed by atoms with Crippen LogP contribution in [0.2, 0.25) is 0 Å². The highest BCUT2D eigenvalue weighted by molar-refractivity contribution is 5.35. The number of methoxy groups -OCH3 is 1. The highest BCUT2D eigenvalue weighted by Gasteiger charge is 2.25. The zero-order chi connectivity index (χ0) is 13.7. The van der Waals surface area contributed by atoms with Gasteiger partial charge in [-0.25, -0.2) is 0 Å². The fraction of sp³-hybridized carbons (Fsp3) is 0.625. The molecule has 1 aromatic carbocycles. The molecular formula is C16H25NO2. The van der Waals surface area contributed by atoms with Gasteiger partial charge in [-0.15, -0.1) is 0 Å². The number of ether oxygens (including phenoxy) is 2. The maximum absolute atomic E-state index is 6.22. The molecule has 0 aliphatic heterocycles. The highest BCUT2D eigenvalue weighted by Crippen LogP contribution is 2.32. The predicted octanol–water partition coefficient (Wildman–Crippen LogP) is 3.30. The lowest BCUT2D eigenvalue weighted by atomic mass is 9.95. The second kappa shape index (κ2) is 6.92. The topological polar surface area (TPSA) is 30.5 Å². The molecule has 0 amide bonds. The van der Waals surface area contributed by atoms with Crippen molar-refractivity contribution in [3.63, 3.8) is 0 Å². The van der Waals surface area contributed by atoms with Gasteiger partial charge in [-0.1, -0.05) is 32.0 Å². The van der Waals surface area contributed by atoms with E-state index in [9.17, 15) is 0 Å². The summed E-state index contributed by atoms with van der Waals surface area (Å²) in [4.78, 5) is 0. The monoisotopic (exact) mass is 263 g/mol. The zero-order valence-electron chi connectivity index (χ0n) is 12.2. The van der Waals surface area contributed by atoms with Crippen LogP contribution in [0.3, 0.4) is 0 Å². The molecule has 1 unspecified atom stereocenters. The Kier molecular flexibility index (Phi) is 5.23. The second-order valence-electron chi connectivity index (χ2n) is 5.48. The summed E-state index contributed by atoms with van der Waals surface area (Å²) in [7, 11) is 1.72. The summed E-state index contributed by atoms with van der Waals surface area (Å²) < 4.78 is 11.7. The molecule has 1 fully saturated rings. The van der Waals surface area contributed by atoms with Crippen molar-refractivity contribution in [2.45, 2.75) is 51.4 Å². The molecule has 1 aliphatic rings. The third-order valence-electron chi connectivity index (χ3n) is 3.61. The Morgan fingerprint density at radius 1 is 1.26 bits per heavy atom. The first-order chi connectivity index (χ1) is 9.20.